The summed E-state index contributed by atoms with van der Waals surface area (Å²) in [5.74, 6) is 0.785. The van der Waals surface area contributed by atoms with Crippen LogP contribution < -0.4 is 5.32 Å². The summed E-state index contributed by atoms with van der Waals surface area (Å²) >= 11 is 0. The minimum absolute atomic E-state index is 0.679. The van der Waals surface area contributed by atoms with Crippen LogP contribution in [0.25, 0.3) is 0 Å². The number of rotatable bonds is 6. The molecule has 0 aliphatic rings. The van der Waals surface area contributed by atoms with E-state index in [9.17, 15) is 4.79 Å². The van der Waals surface area contributed by atoms with E-state index in [1.807, 2.05) is 0 Å². The highest BCUT2D eigenvalue weighted by atomic mass is 16.5. The number of anilines is 1. The predicted octanol–water partition coefficient (Wildman–Crippen LogP) is 0.707. The number of nitrogens with one attached hydrogen (secondary N) is 2. The van der Waals surface area contributed by atoms with Crippen LogP contribution in [0.3, 0.4) is 0 Å². The molecule has 0 amide bonds. The lowest BCUT2D eigenvalue weighted by atomic mass is 10.3. The molecule has 0 saturated heterocycles. The zero-order chi connectivity index (χ0) is 9.68. The Kier molecular flexibility index (Phi) is 3.57. The molecule has 0 aliphatic heterocycles. The Morgan fingerprint density at radius 2 is 2.46 bits per heavy atom. The molecular weight excluding hydrogens is 170 g/mol. The van der Waals surface area contributed by atoms with Gasteiger partial charge >= 0.3 is 0 Å². The Morgan fingerprint density at radius 1 is 1.69 bits per heavy atom. The molecule has 0 atom stereocenters. The van der Waals surface area contributed by atoms with E-state index in [2.05, 4.69) is 10.4 Å². The van der Waals surface area contributed by atoms with Gasteiger partial charge in [0.1, 0.15) is 11.5 Å². The summed E-state index contributed by atoms with van der Waals surface area (Å²) in [5, 5.41) is 5.89. The molecule has 2 N–H and O–H groups in total. The molecule has 0 radical (unpaired) electrons. The second-order valence-electron chi connectivity index (χ2n) is 2.74. The van der Waals surface area contributed by atoms with Crippen LogP contribution in [0.5, 0.6) is 0 Å². The third-order valence-electron chi connectivity index (χ3n) is 1.89. The van der Waals surface area contributed by atoms with Gasteiger partial charge in [0.25, 0.3) is 0 Å². The van der Waals surface area contributed by atoms with E-state index in [-0.39, 0.29) is 0 Å². The van der Waals surface area contributed by atoms with Crippen molar-refractivity contribution in [2.45, 2.75) is 13.0 Å². The first-order chi connectivity index (χ1) is 6.33. The van der Waals surface area contributed by atoms with Gasteiger partial charge in [-0.05, 0) is 6.42 Å². The summed E-state index contributed by atoms with van der Waals surface area (Å²) in [6.45, 7) is 1.49. The van der Waals surface area contributed by atoms with Crippen molar-refractivity contribution in [3.8, 4) is 0 Å². The standard InChI is InChI=1S/C8H15N3O2/c1-9-8-7(6-12)11(10-8)4-3-5-13-2/h6,9-10H,3-5H2,1-2H3. The number of carbonyl (C=O) groups excluding carboxylic acids is 1. The van der Waals surface area contributed by atoms with Gasteiger partial charge < -0.3 is 10.1 Å². The number of aldehydes is 1. The van der Waals surface area contributed by atoms with Gasteiger partial charge in [0.15, 0.2) is 6.29 Å². The highest BCUT2D eigenvalue weighted by Crippen LogP contribution is 2.12. The molecule has 5 nitrogen and oxygen atoms in total. The number of ether oxygens (including phenoxy) is 1. The number of H-pyrrole nitrogens is 1. The van der Waals surface area contributed by atoms with Crippen molar-refractivity contribution in [1.82, 2.24) is 9.78 Å². The molecule has 1 rings (SSSR count). The molecule has 1 heterocycles. The van der Waals surface area contributed by atoms with Crippen LogP contribution in [-0.4, -0.2) is 36.8 Å². The lowest BCUT2D eigenvalue weighted by Crippen LogP contribution is -2.20. The smallest absolute Gasteiger partial charge is 0.171 e. The molecule has 1 aromatic heterocycles. The minimum atomic E-state index is 0.679. The Hall–Kier alpha value is -1.23. The first-order valence-electron chi connectivity index (χ1n) is 4.23. The maximum Gasteiger partial charge on any atom is 0.171 e. The van der Waals surface area contributed by atoms with E-state index in [0.717, 1.165) is 25.1 Å². The quantitative estimate of drug-likeness (QED) is 0.507. The number of aryl methyl sites for hydroxylation is 1. The van der Waals surface area contributed by atoms with E-state index >= 15 is 0 Å². The highest BCUT2D eigenvalue weighted by molar-refractivity contribution is 5.80. The topological polar surface area (TPSA) is 59.1 Å². The summed E-state index contributed by atoms with van der Waals surface area (Å²) < 4.78 is 6.71. The summed E-state index contributed by atoms with van der Waals surface area (Å²) in [5.41, 5.74) is 0.679. The van der Waals surface area contributed by atoms with E-state index in [1.165, 1.54) is 0 Å². The molecule has 1 aromatic rings. The van der Waals surface area contributed by atoms with E-state index in [0.29, 0.717) is 12.3 Å². The van der Waals surface area contributed by atoms with Gasteiger partial charge in [-0.2, -0.15) is 0 Å². The van der Waals surface area contributed by atoms with Crippen LogP contribution in [0, 0.1) is 0 Å². The molecular formula is C8H15N3O2. The number of nitrogens with zero attached hydrogens (tertiary/aromatic N) is 1. The van der Waals surface area contributed by atoms with Crippen LogP contribution in [0.4, 0.5) is 5.82 Å². The van der Waals surface area contributed by atoms with Gasteiger partial charge in [-0.15, -0.1) is 0 Å². The van der Waals surface area contributed by atoms with E-state index in [1.54, 1.807) is 18.8 Å². The van der Waals surface area contributed by atoms with E-state index in [4.69, 9.17) is 4.74 Å². The SMILES string of the molecule is CNc1[nH]n(CCCOC)c1C=O. The zero-order valence-electron chi connectivity index (χ0n) is 7.96. The van der Waals surface area contributed by atoms with Crippen molar-refractivity contribution >= 4 is 12.1 Å². The largest absolute Gasteiger partial charge is 0.385 e. The van der Waals surface area contributed by atoms with Crippen molar-refractivity contribution in [3.63, 3.8) is 0 Å². The van der Waals surface area contributed by atoms with Crippen LogP contribution >= 0.6 is 0 Å². The average molecular weight is 185 g/mol. The number of hydrogen-bond donors (Lipinski definition) is 2. The third kappa shape index (κ3) is 2.12. The molecule has 13 heavy (non-hydrogen) atoms. The fraction of sp³-hybridized carbons (Fsp3) is 0.625. The molecule has 5 heteroatoms. The Balaban J connectivity index is 2.44. The first kappa shape index (κ1) is 9.85. The van der Waals surface area contributed by atoms with Gasteiger partial charge in [0.05, 0.1) is 0 Å². The zero-order valence-corrected chi connectivity index (χ0v) is 7.96. The van der Waals surface area contributed by atoms with Gasteiger partial charge in [-0.3, -0.25) is 14.6 Å². The Bertz CT molecular complexity index is 265. The van der Waals surface area contributed by atoms with Crippen molar-refractivity contribution < 1.29 is 9.53 Å². The number of hydrogen-bond acceptors (Lipinski definition) is 3. The van der Waals surface area contributed by atoms with Crippen molar-refractivity contribution in [2.24, 2.45) is 0 Å². The van der Waals surface area contributed by atoms with Crippen LogP contribution in [0.2, 0.25) is 0 Å². The first-order valence-corrected chi connectivity index (χ1v) is 4.23. The molecule has 0 fully saturated rings. The second kappa shape index (κ2) is 4.71. The maximum atomic E-state index is 10.6. The van der Waals surface area contributed by atoms with Gasteiger partial charge in [0, 0.05) is 27.3 Å². The minimum Gasteiger partial charge on any atom is -0.385 e. The summed E-state index contributed by atoms with van der Waals surface area (Å²) in [6.07, 6.45) is 1.74. The predicted molar refractivity (Wildman–Crippen MR) is 50.2 cm³/mol. The van der Waals surface area contributed by atoms with Crippen molar-refractivity contribution in [2.75, 3.05) is 26.1 Å². The van der Waals surface area contributed by atoms with Crippen molar-refractivity contribution in [1.29, 1.82) is 0 Å². The van der Waals surface area contributed by atoms with Crippen LogP contribution in [0.1, 0.15) is 16.9 Å². The Morgan fingerprint density at radius 3 is 3.00 bits per heavy atom. The van der Waals surface area contributed by atoms with Gasteiger partial charge in [0.2, 0.25) is 0 Å². The molecule has 0 saturated carbocycles. The molecule has 0 aromatic carbocycles. The average Bonchev–Trinajstić information content (AvgIpc) is 2.11. The molecule has 0 unspecified atom stereocenters. The second-order valence-corrected chi connectivity index (χ2v) is 2.74. The third-order valence-corrected chi connectivity index (χ3v) is 1.89. The van der Waals surface area contributed by atoms with E-state index < -0.39 is 0 Å². The normalized spacial score (nSPS) is 10.3. The lowest BCUT2D eigenvalue weighted by Gasteiger charge is -2.19. The molecule has 0 bridgehead atoms. The highest BCUT2D eigenvalue weighted by Gasteiger charge is 2.10. The Labute approximate surface area is 77.0 Å². The monoisotopic (exact) mass is 185 g/mol. The van der Waals surface area contributed by atoms with Gasteiger partial charge in [-0.25, -0.2) is 0 Å². The molecule has 74 valence electrons. The number of carbonyl (C=O) groups is 1. The fourth-order valence-electron chi connectivity index (χ4n) is 1.18. The molecule has 0 aliphatic carbocycles. The van der Waals surface area contributed by atoms with Gasteiger partial charge in [-0.1, -0.05) is 0 Å². The fourth-order valence-corrected chi connectivity index (χ4v) is 1.18. The molecule has 0 spiro atoms. The number of methoxy groups -OCH3 is 1. The van der Waals surface area contributed by atoms with Crippen LogP contribution in [0.15, 0.2) is 0 Å². The number of aromatic nitrogens is 2. The summed E-state index contributed by atoms with van der Waals surface area (Å²) in [6, 6.07) is 0. The van der Waals surface area contributed by atoms with Crippen LogP contribution in [-0.2, 0) is 11.3 Å². The summed E-state index contributed by atoms with van der Waals surface area (Å²) in [4.78, 5) is 10.6. The summed E-state index contributed by atoms with van der Waals surface area (Å²) in [7, 11) is 3.44. The van der Waals surface area contributed by atoms with Crippen molar-refractivity contribution in [3.05, 3.63) is 5.69 Å². The maximum absolute atomic E-state index is 10.6. The number of aromatic amines is 1. The lowest BCUT2D eigenvalue weighted by molar-refractivity contribution is 0.110.